The largest absolute Gasteiger partial charge is 0.481 e. The van der Waals surface area contributed by atoms with Gasteiger partial charge in [0.05, 0.1) is 23.7 Å². The van der Waals surface area contributed by atoms with E-state index < -0.39 is 5.97 Å². The third kappa shape index (κ3) is 2.59. The summed E-state index contributed by atoms with van der Waals surface area (Å²) in [7, 11) is 0. The summed E-state index contributed by atoms with van der Waals surface area (Å²) in [6, 6.07) is 0. The summed E-state index contributed by atoms with van der Waals surface area (Å²) in [6.07, 6.45) is 2.24. The van der Waals surface area contributed by atoms with Crippen LogP contribution >= 0.6 is 11.3 Å². The van der Waals surface area contributed by atoms with E-state index in [0.717, 1.165) is 41.6 Å². The van der Waals surface area contributed by atoms with Gasteiger partial charge in [0.25, 0.3) is 0 Å². The first kappa shape index (κ1) is 11.5. The van der Waals surface area contributed by atoms with E-state index in [4.69, 9.17) is 9.84 Å². The lowest BCUT2D eigenvalue weighted by Crippen LogP contribution is -2.15. The van der Waals surface area contributed by atoms with Crippen molar-refractivity contribution in [3.05, 3.63) is 15.6 Å². The molecule has 0 bridgehead atoms. The van der Waals surface area contributed by atoms with Gasteiger partial charge in [-0.15, -0.1) is 11.3 Å². The number of rotatable bonds is 3. The summed E-state index contributed by atoms with van der Waals surface area (Å²) in [5.74, 6) is -0.432. The predicted octanol–water partition coefficient (Wildman–Crippen LogP) is 1.97. The van der Waals surface area contributed by atoms with Crippen molar-refractivity contribution in [1.29, 1.82) is 0 Å². The molecule has 0 amide bonds. The minimum Gasteiger partial charge on any atom is -0.481 e. The maximum Gasteiger partial charge on any atom is 0.308 e. The average molecular weight is 241 g/mol. The maximum absolute atomic E-state index is 10.7. The molecule has 5 heteroatoms. The molecule has 1 aliphatic rings. The number of aromatic nitrogens is 1. The van der Waals surface area contributed by atoms with Gasteiger partial charge >= 0.3 is 5.97 Å². The van der Waals surface area contributed by atoms with Crippen molar-refractivity contribution in [2.75, 3.05) is 13.2 Å². The first-order valence-corrected chi connectivity index (χ1v) is 6.24. The van der Waals surface area contributed by atoms with E-state index in [1.807, 2.05) is 6.92 Å². The van der Waals surface area contributed by atoms with Crippen LogP contribution in [-0.2, 0) is 16.0 Å². The molecule has 0 saturated carbocycles. The molecular formula is C11H15NO3S. The van der Waals surface area contributed by atoms with E-state index in [0.29, 0.717) is 5.92 Å². The van der Waals surface area contributed by atoms with Crippen molar-refractivity contribution in [2.24, 2.45) is 0 Å². The molecule has 16 heavy (non-hydrogen) atoms. The van der Waals surface area contributed by atoms with E-state index in [9.17, 15) is 4.79 Å². The zero-order chi connectivity index (χ0) is 11.5. The Bertz CT molecular complexity index is 383. The molecule has 0 radical (unpaired) electrons. The Morgan fingerprint density at radius 3 is 3.12 bits per heavy atom. The molecule has 0 aromatic carbocycles. The third-order valence-electron chi connectivity index (χ3n) is 2.73. The molecule has 0 spiro atoms. The molecule has 1 atom stereocenters. The van der Waals surface area contributed by atoms with Crippen molar-refractivity contribution < 1.29 is 14.6 Å². The molecule has 4 nitrogen and oxygen atoms in total. The SMILES string of the molecule is Cc1nc(C2CCCOC2)sc1CC(=O)O. The van der Waals surface area contributed by atoms with Crippen LogP contribution in [0, 0.1) is 6.92 Å². The molecule has 2 rings (SSSR count). The zero-order valence-corrected chi connectivity index (χ0v) is 10.0. The summed E-state index contributed by atoms with van der Waals surface area (Å²) < 4.78 is 5.42. The Labute approximate surface area is 98.3 Å². The van der Waals surface area contributed by atoms with Crippen LogP contribution in [0.1, 0.15) is 34.3 Å². The lowest BCUT2D eigenvalue weighted by Gasteiger charge is -2.19. The maximum atomic E-state index is 10.7. The van der Waals surface area contributed by atoms with E-state index in [1.165, 1.54) is 11.3 Å². The van der Waals surface area contributed by atoms with Gasteiger partial charge in [-0.05, 0) is 19.8 Å². The van der Waals surface area contributed by atoms with Gasteiger partial charge in [0.2, 0.25) is 0 Å². The van der Waals surface area contributed by atoms with Crippen molar-refractivity contribution in [3.8, 4) is 0 Å². The first-order valence-electron chi connectivity index (χ1n) is 5.42. The minimum atomic E-state index is -0.793. The molecule has 2 heterocycles. The summed E-state index contributed by atoms with van der Waals surface area (Å²) in [4.78, 5) is 16.0. The Morgan fingerprint density at radius 1 is 1.69 bits per heavy atom. The number of carboxylic acids is 1. The van der Waals surface area contributed by atoms with Crippen LogP contribution in [0.3, 0.4) is 0 Å². The molecule has 1 aliphatic heterocycles. The molecule has 88 valence electrons. The highest BCUT2D eigenvalue weighted by Crippen LogP contribution is 2.30. The normalized spacial score (nSPS) is 20.9. The number of aliphatic carboxylic acids is 1. The van der Waals surface area contributed by atoms with Crippen LogP contribution in [-0.4, -0.2) is 29.3 Å². The van der Waals surface area contributed by atoms with Gasteiger partial charge in [0, 0.05) is 17.4 Å². The second-order valence-corrected chi connectivity index (χ2v) is 5.16. The van der Waals surface area contributed by atoms with Crippen molar-refractivity contribution in [1.82, 2.24) is 4.98 Å². The van der Waals surface area contributed by atoms with E-state index in [-0.39, 0.29) is 6.42 Å². The first-order chi connectivity index (χ1) is 7.66. The molecule has 1 fully saturated rings. The molecule has 1 aromatic heterocycles. The fourth-order valence-electron chi connectivity index (χ4n) is 1.86. The zero-order valence-electron chi connectivity index (χ0n) is 9.23. The number of aryl methyl sites for hydroxylation is 1. The highest BCUT2D eigenvalue weighted by Gasteiger charge is 2.21. The standard InChI is InChI=1S/C11H15NO3S/c1-7-9(5-10(13)14)16-11(12-7)8-3-2-4-15-6-8/h8H,2-6H2,1H3,(H,13,14). The second-order valence-electron chi connectivity index (χ2n) is 4.05. The van der Waals surface area contributed by atoms with Gasteiger partial charge in [-0.25, -0.2) is 4.98 Å². The van der Waals surface area contributed by atoms with E-state index in [2.05, 4.69) is 4.98 Å². The highest BCUT2D eigenvalue weighted by molar-refractivity contribution is 7.11. The topological polar surface area (TPSA) is 59.4 Å². The van der Waals surface area contributed by atoms with Crippen molar-refractivity contribution in [3.63, 3.8) is 0 Å². The van der Waals surface area contributed by atoms with Gasteiger partial charge in [-0.3, -0.25) is 4.79 Å². The average Bonchev–Trinajstić information content (AvgIpc) is 2.61. The molecule has 0 aliphatic carbocycles. The van der Waals surface area contributed by atoms with Crippen LogP contribution < -0.4 is 0 Å². The second kappa shape index (κ2) is 4.93. The number of nitrogens with zero attached hydrogens (tertiary/aromatic N) is 1. The monoisotopic (exact) mass is 241 g/mol. The number of carboxylic acid groups (broad SMARTS) is 1. The Morgan fingerprint density at radius 2 is 2.50 bits per heavy atom. The molecular weight excluding hydrogens is 226 g/mol. The van der Waals surface area contributed by atoms with Crippen LogP contribution in [0.25, 0.3) is 0 Å². The molecule has 1 saturated heterocycles. The van der Waals surface area contributed by atoms with Gasteiger partial charge in [0.1, 0.15) is 0 Å². The minimum absolute atomic E-state index is 0.0804. The predicted molar refractivity (Wildman–Crippen MR) is 61.0 cm³/mol. The van der Waals surface area contributed by atoms with Gasteiger partial charge in [-0.1, -0.05) is 0 Å². The van der Waals surface area contributed by atoms with Crippen LogP contribution in [0.5, 0.6) is 0 Å². The highest BCUT2D eigenvalue weighted by atomic mass is 32.1. The summed E-state index contributed by atoms with van der Waals surface area (Å²) in [5, 5.41) is 9.80. The number of hydrogen-bond acceptors (Lipinski definition) is 4. The number of hydrogen-bond donors (Lipinski definition) is 1. The lowest BCUT2D eigenvalue weighted by molar-refractivity contribution is -0.136. The molecule has 1 unspecified atom stereocenters. The Balaban J connectivity index is 2.12. The lowest BCUT2D eigenvalue weighted by atomic mass is 10.0. The van der Waals surface area contributed by atoms with E-state index >= 15 is 0 Å². The van der Waals surface area contributed by atoms with Crippen LogP contribution in [0.2, 0.25) is 0 Å². The fraction of sp³-hybridized carbons (Fsp3) is 0.636. The summed E-state index contributed by atoms with van der Waals surface area (Å²) in [5.41, 5.74) is 0.855. The number of ether oxygens (including phenoxy) is 1. The number of carbonyl (C=O) groups is 1. The quantitative estimate of drug-likeness (QED) is 0.879. The van der Waals surface area contributed by atoms with Crippen molar-refractivity contribution >= 4 is 17.3 Å². The number of thiazole rings is 1. The summed E-state index contributed by atoms with van der Waals surface area (Å²) >= 11 is 1.52. The smallest absolute Gasteiger partial charge is 0.308 e. The van der Waals surface area contributed by atoms with Crippen molar-refractivity contribution in [2.45, 2.75) is 32.1 Å². The van der Waals surface area contributed by atoms with Gasteiger partial charge < -0.3 is 9.84 Å². The van der Waals surface area contributed by atoms with Gasteiger partial charge in [0.15, 0.2) is 0 Å². The van der Waals surface area contributed by atoms with E-state index in [1.54, 1.807) is 0 Å². The third-order valence-corrected chi connectivity index (χ3v) is 4.05. The Kier molecular flexibility index (Phi) is 3.56. The van der Waals surface area contributed by atoms with Crippen LogP contribution in [0.4, 0.5) is 0 Å². The fourth-order valence-corrected chi connectivity index (χ4v) is 3.04. The van der Waals surface area contributed by atoms with Gasteiger partial charge in [-0.2, -0.15) is 0 Å². The molecule has 1 N–H and O–H groups in total. The summed E-state index contributed by atoms with van der Waals surface area (Å²) in [6.45, 7) is 3.43. The molecule has 1 aromatic rings. The Hall–Kier alpha value is -0.940. The van der Waals surface area contributed by atoms with Crippen LogP contribution in [0.15, 0.2) is 0 Å².